The number of hydrogen-bond donors (Lipinski definition) is 2. The minimum absolute atomic E-state index is 0.213. The second-order valence-electron chi connectivity index (χ2n) is 6.11. The first-order valence-electron chi connectivity index (χ1n) is 7.53. The van der Waals surface area contributed by atoms with E-state index < -0.39 is 5.60 Å². The van der Waals surface area contributed by atoms with Crippen LogP contribution in [0.3, 0.4) is 0 Å². The highest BCUT2D eigenvalue weighted by atomic mass is 16.5. The van der Waals surface area contributed by atoms with Gasteiger partial charge in [-0.3, -0.25) is 0 Å². The lowest BCUT2D eigenvalue weighted by Gasteiger charge is -2.35. The molecule has 0 spiro atoms. The van der Waals surface area contributed by atoms with Crippen molar-refractivity contribution in [1.29, 1.82) is 0 Å². The van der Waals surface area contributed by atoms with Crippen LogP contribution in [-0.4, -0.2) is 31.6 Å². The third-order valence-corrected chi connectivity index (χ3v) is 4.68. The zero-order valence-corrected chi connectivity index (χ0v) is 12.0. The number of nitrogens with zero attached hydrogens (tertiary/aromatic N) is 4. The van der Waals surface area contributed by atoms with Crippen molar-refractivity contribution >= 4 is 5.82 Å². The summed E-state index contributed by atoms with van der Waals surface area (Å²) in [5, 5.41) is 22.3. The highest BCUT2D eigenvalue weighted by Crippen LogP contribution is 2.42. The first kappa shape index (κ1) is 12.8. The minimum atomic E-state index is -1.04. The summed E-state index contributed by atoms with van der Waals surface area (Å²) in [5.74, 6) is 1.93. The van der Waals surface area contributed by atoms with Crippen LogP contribution in [0, 0.1) is 5.92 Å². The zero-order chi connectivity index (χ0) is 14.4. The minimum Gasteiger partial charge on any atom is -0.380 e. The summed E-state index contributed by atoms with van der Waals surface area (Å²) in [6.07, 6.45) is 5.98. The van der Waals surface area contributed by atoms with Gasteiger partial charge in [0.05, 0.1) is 11.8 Å². The maximum atomic E-state index is 10.6. The third-order valence-electron chi connectivity index (χ3n) is 4.68. The van der Waals surface area contributed by atoms with E-state index in [9.17, 15) is 5.11 Å². The molecular weight excluding hydrogens is 270 g/mol. The molecule has 7 heteroatoms. The van der Waals surface area contributed by atoms with E-state index in [2.05, 4.69) is 20.6 Å². The van der Waals surface area contributed by atoms with E-state index in [1.807, 2.05) is 4.68 Å². The molecule has 0 radical (unpaired) electrons. The van der Waals surface area contributed by atoms with Gasteiger partial charge in [-0.25, -0.2) is 4.68 Å². The van der Waals surface area contributed by atoms with Crippen molar-refractivity contribution in [2.24, 2.45) is 5.92 Å². The fourth-order valence-electron chi connectivity index (χ4n) is 3.02. The van der Waals surface area contributed by atoms with Gasteiger partial charge >= 0.3 is 0 Å². The van der Waals surface area contributed by atoms with E-state index in [0.29, 0.717) is 11.7 Å². The molecular formula is C14H19N5O2. The van der Waals surface area contributed by atoms with Crippen LogP contribution in [0.5, 0.6) is 0 Å². The molecule has 4 rings (SSSR count). The number of nitrogens with one attached hydrogen (secondary N) is 1. The van der Waals surface area contributed by atoms with Gasteiger partial charge in [-0.15, -0.1) is 0 Å². The Bertz CT molecular complexity index is 656. The molecule has 0 bridgehead atoms. The van der Waals surface area contributed by atoms with Crippen LogP contribution in [0.25, 0.3) is 11.4 Å². The number of aliphatic hydroxyl groups is 1. The summed E-state index contributed by atoms with van der Waals surface area (Å²) in [7, 11) is 0. The van der Waals surface area contributed by atoms with E-state index in [4.69, 9.17) is 4.52 Å². The summed E-state index contributed by atoms with van der Waals surface area (Å²) in [6.45, 7) is 3.58. The molecule has 1 unspecified atom stereocenters. The van der Waals surface area contributed by atoms with E-state index >= 15 is 0 Å². The molecule has 1 aliphatic carbocycles. The predicted octanol–water partition coefficient (Wildman–Crippen LogP) is 1.76. The Morgan fingerprint density at radius 2 is 2.29 bits per heavy atom. The quantitative estimate of drug-likeness (QED) is 0.895. The average Bonchev–Trinajstić information content (AvgIpc) is 3.02. The molecule has 112 valence electrons. The molecule has 1 atom stereocenters. The smallest absolute Gasteiger partial charge is 0.258 e. The van der Waals surface area contributed by atoms with Gasteiger partial charge in [0, 0.05) is 13.1 Å². The molecule has 21 heavy (non-hydrogen) atoms. The first-order valence-corrected chi connectivity index (χ1v) is 7.53. The maximum Gasteiger partial charge on any atom is 0.258 e. The van der Waals surface area contributed by atoms with Gasteiger partial charge in [0.25, 0.3) is 5.89 Å². The van der Waals surface area contributed by atoms with E-state index in [1.54, 1.807) is 13.1 Å². The summed E-state index contributed by atoms with van der Waals surface area (Å²) in [5.41, 5.74) is -0.210. The number of hydrogen-bond acceptors (Lipinski definition) is 6. The lowest BCUT2D eigenvalue weighted by Crippen LogP contribution is -2.36. The number of rotatable bonds is 3. The molecule has 3 heterocycles. The molecule has 2 N–H and O–H groups in total. The zero-order valence-electron chi connectivity index (χ0n) is 12.0. The molecule has 1 fully saturated rings. The van der Waals surface area contributed by atoms with Gasteiger partial charge in [-0.2, -0.15) is 10.1 Å². The first-order chi connectivity index (χ1) is 10.2. The monoisotopic (exact) mass is 289 g/mol. The van der Waals surface area contributed by atoms with Gasteiger partial charge in [0.15, 0.2) is 0 Å². The second kappa shape index (κ2) is 4.56. The Morgan fingerprint density at radius 1 is 1.43 bits per heavy atom. The van der Waals surface area contributed by atoms with Gasteiger partial charge in [-0.1, -0.05) is 11.6 Å². The molecule has 0 aromatic carbocycles. The van der Waals surface area contributed by atoms with Crippen LogP contribution in [0.4, 0.5) is 5.82 Å². The van der Waals surface area contributed by atoms with Crippen molar-refractivity contribution in [2.75, 3.05) is 11.9 Å². The van der Waals surface area contributed by atoms with Crippen molar-refractivity contribution in [3.8, 4) is 11.4 Å². The Kier molecular flexibility index (Phi) is 2.78. The Balaban J connectivity index is 1.67. The third kappa shape index (κ3) is 1.95. The van der Waals surface area contributed by atoms with E-state index in [-0.39, 0.29) is 5.92 Å². The number of aryl methyl sites for hydroxylation is 1. The summed E-state index contributed by atoms with van der Waals surface area (Å²) in [6, 6.07) is 0. The lowest BCUT2D eigenvalue weighted by molar-refractivity contribution is -0.0635. The Hall–Kier alpha value is -1.89. The molecule has 1 aliphatic heterocycles. The molecule has 2 aromatic heterocycles. The number of fused-ring (bicyclic) bond motifs is 1. The van der Waals surface area contributed by atoms with Crippen LogP contribution in [0.15, 0.2) is 10.7 Å². The normalized spacial score (nSPS) is 21.2. The fourth-order valence-corrected chi connectivity index (χ4v) is 3.02. The fraction of sp³-hybridized carbons (Fsp3) is 0.643. The van der Waals surface area contributed by atoms with Gasteiger partial charge in [0.2, 0.25) is 5.82 Å². The number of aromatic nitrogens is 4. The molecule has 2 aromatic rings. The Labute approximate surface area is 122 Å². The van der Waals surface area contributed by atoms with Crippen LogP contribution in [-0.2, 0) is 12.1 Å². The maximum absolute atomic E-state index is 10.6. The molecule has 7 nitrogen and oxygen atoms in total. The SMILES string of the molecule is CC(O)(c1nc(-c2cnn3c2NCCC3)no1)C1CCC1. The van der Waals surface area contributed by atoms with Crippen molar-refractivity contribution < 1.29 is 9.63 Å². The highest BCUT2D eigenvalue weighted by Gasteiger charge is 2.42. The van der Waals surface area contributed by atoms with Crippen LogP contribution < -0.4 is 5.32 Å². The second-order valence-corrected chi connectivity index (χ2v) is 6.11. The Morgan fingerprint density at radius 3 is 3.05 bits per heavy atom. The predicted molar refractivity (Wildman–Crippen MR) is 75.5 cm³/mol. The van der Waals surface area contributed by atoms with Crippen molar-refractivity contribution in [3.63, 3.8) is 0 Å². The van der Waals surface area contributed by atoms with Crippen molar-refractivity contribution in [1.82, 2.24) is 19.9 Å². The summed E-state index contributed by atoms with van der Waals surface area (Å²) >= 11 is 0. The van der Waals surface area contributed by atoms with Crippen molar-refractivity contribution in [2.45, 2.75) is 44.8 Å². The molecule has 1 saturated carbocycles. The molecule has 0 amide bonds. The number of anilines is 1. The van der Waals surface area contributed by atoms with Crippen LogP contribution in [0.2, 0.25) is 0 Å². The molecule has 0 saturated heterocycles. The average molecular weight is 289 g/mol. The van der Waals surface area contributed by atoms with Crippen LogP contribution in [0.1, 0.15) is 38.5 Å². The van der Waals surface area contributed by atoms with Gasteiger partial charge in [-0.05, 0) is 32.1 Å². The summed E-state index contributed by atoms with van der Waals surface area (Å²) in [4.78, 5) is 4.41. The molecule has 2 aliphatic rings. The highest BCUT2D eigenvalue weighted by molar-refractivity contribution is 5.69. The van der Waals surface area contributed by atoms with E-state index in [0.717, 1.165) is 50.2 Å². The largest absolute Gasteiger partial charge is 0.380 e. The lowest BCUT2D eigenvalue weighted by atomic mass is 9.73. The standard InChI is InChI=1S/C14H19N5O2/c1-14(20,9-4-2-5-9)13-17-11(18-21-13)10-8-16-19-7-3-6-15-12(10)19/h8-9,15,20H,2-7H2,1H3. The van der Waals surface area contributed by atoms with Gasteiger partial charge < -0.3 is 14.9 Å². The van der Waals surface area contributed by atoms with Gasteiger partial charge in [0.1, 0.15) is 11.4 Å². The van der Waals surface area contributed by atoms with E-state index in [1.165, 1.54) is 0 Å². The van der Waals surface area contributed by atoms with Crippen LogP contribution >= 0.6 is 0 Å². The van der Waals surface area contributed by atoms with Crippen molar-refractivity contribution in [3.05, 3.63) is 12.1 Å². The summed E-state index contributed by atoms with van der Waals surface area (Å²) < 4.78 is 7.24. The topological polar surface area (TPSA) is 89.0 Å².